The van der Waals surface area contributed by atoms with E-state index >= 15 is 0 Å². The lowest BCUT2D eigenvalue weighted by molar-refractivity contribution is -0.144. The van der Waals surface area contributed by atoms with Crippen molar-refractivity contribution in [3.05, 3.63) is 40.8 Å². The number of benzene rings is 1. The summed E-state index contributed by atoms with van der Waals surface area (Å²) in [5.74, 6) is -0.587. The third kappa shape index (κ3) is 3.25. The molecule has 3 aliphatic rings. The molecule has 1 aliphatic heterocycles. The van der Waals surface area contributed by atoms with E-state index in [1.807, 2.05) is 19.1 Å². The molecule has 8 nitrogen and oxygen atoms in total. The Morgan fingerprint density at radius 3 is 2.48 bits per heavy atom. The van der Waals surface area contributed by atoms with Crippen molar-refractivity contribution in [2.45, 2.75) is 45.2 Å². The molecule has 5 rings (SSSR count). The van der Waals surface area contributed by atoms with E-state index in [9.17, 15) is 19.2 Å². The zero-order valence-electron chi connectivity index (χ0n) is 17.5. The van der Waals surface area contributed by atoms with Crippen LogP contribution < -0.4 is 10.9 Å². The molecule has 3 fully saturated rings. The minimum Gasteiger partial charge on any atom is -0.350 e. The number of carbonyl (C=O) groups excluding carboxylic acids is 3. The van der Waals surface area contributed by atoms with Gasteiger partial charge in [0.2, 0.25) is 17.7 Å². The first kappa shape index (κ1) is 19.9. The Bertz CT molecular complexity index is 1100. The van der Waals surface area contributed by atoms with Crippen LogP contribution in [0.4, 0.5) is 0 Å². The highest BCUT2D eigenvalue weighted by Crippen LogP contribution is 2.56. The highest BCUT2D eigenvalue weighted by Gasteiger charge is 2.60. The summed E-state index contributed by atoms with van der Waals surface area (Å²) in [6, 6.07) is 6.91. The molecule has 8 heteroatoms. The molecule has 1 saturated heterocycles. The number of imide groups is 1. The minimum atomic E-state index is -0.380. The number of nitrogens with one attached hydrogen (secondary N) is 1. The first-order valence-corrected chi connectivity index (χ1v) is 11.1. The van der Waals surface area contributed by atoms with Crippen LogP contribution in [0, 0.1) is 23.7 Å². The fourth-order valence-electron chi connectivity index (χ4n) is 5.79. The Morgan fingerprint density at radius 1 is 1.13 bits per heavy atom. The maximum atomic E-state index is 12.8. The van der Waals surface area contributed by atoms with Crippen molar-refractivity contribution < 1.29 is 14.4 Å². The molecule has 0 unspecified atom stereocenters. The van der Waals surface area contributed by atoms with Gasteiger partial charge in [-0.3, -0.25) is 24.1 Å². The van der Waals surface area contributed by atoms with E-state index in [0.29, 0.717) is 23.6 Å². The average molecular weight is 422 g/mol. The van der Waals surface area contributed by atoms with E-state index in [4.69, 9.17) is 0 Å². The number of hydrogen-bond donors (Lipinski definition) is 1. The van der Waals surface area contributed by atoms with Gasteiger partial charge < -0.3 is 5.32 Å². The van der Waals surface area contributed by atoms with Crippen molar-refractivity contribution in [2.24, 2.45) is 23.7 Å². The Kier molecular flexibility index (Phi) is 4.87. The van der Waals surface area contributed by atoms with Crippen molar-refractivity contribution in [3.8, 4) is 0 Å². The molecule has 162 valence electrons. The van der Waals surface area contributed by atoms with Crippen LogP contribution in [-0.4, -0.2) is 45.0 Å². The van der Waals surface area contributed by atoms with Crippen LogP contribution in [0.1, 0.15) is 32.6 Å². The molecule has 1 N–H and O–H groups in total. The van der Waals surface area contributed by atoms with E-state index in [1.54, 1.807) is 18.3 Å². The number of rotatable bonds is 6. The predicted octanol–water partition coefficient (Wildman–Crippen LogP) is 1.32. The summed E-state index contributed by atoms with van der Waals surface area (Å²) in [4.78, 5) is 52.2. The maximum Gasteiger partial charge on any atom is 0.274 e. The number of fused-ring (bicyclic) bond motifs is 6. The lowest BCUT2D eigenvalue weighted by Crippen LogP contribution is -2.46. The molecule has 31 heavy (non-hydrogen) atoms. The summed E-state index contributed by atoms with van der Waals surface area (Å²) in [6.07, 6.45) is 5.22. The third-order valence-electron chi connectivity index (χ3n) is 7.33. The molecule has 1 aromatic heterocycles. The van der Waals surface area contributed by atoms with E-state index in [-0.39, 0.29) is 54.2 Å². The van der Waals surface area contributed by atoms with Crippen LogP contribution in [0.5, 0.6) is 0 Å². The van der Waals surface area contributed by atoms with Gasteiger partial charge in [0.1, 0.15) is 6.54 Å². The number of likely N-dealkylation sites (tertiary alicyclic amines) is 1. The fourth-order valence-corrected chi connectivity index (χ4v) is 5.79. The lowest BCUT2D eigenvalue weighted by atomic mass is 9.81. The van der Waals surface area contributed by atoms with E-state index in [2.05, 4.69) is 10.4 Å². The quantitative estimate of drug-likeness (QED) is 0.708. The molecule has 1 aromatic carbocycles. The van der Waals surface area contributed by atoms with Crippen molar-refractivity contribution in [2.75, 3.05) is 6.54 Å². The monoisotopic (exact) mass is 422 g/mol. The molecular weight excluding hydrogens is 396 g/mol. The van der Waals surface area contributed by atoms with Crippen molar-refractivity contribution >= 4 is 28.5 Å². The van der Waals surface area contributed by atoms with Gasteiger partial charge in [-0.05, 0) is 43.6 Å². The fraction of sp³-hybridized carbons (Fsp3) is 0.522. The van der Waals surface area contributed by atoms with Gasteiger partial charge in [0.25, 0.3) is 5.56 Å². The van der Waals surface area contributed by atoms with Gasteiger partial charge in [0.15, 0.2) is 0 Å². The van der Waals surface area contributed by atoms with Gasteiger partial charge in [-0.1, -0.05) is 25.1 Å². The summed E-state index contributed by atoms with van der Waals surface area (Å²) < 4.78 is 1.35. The molecule has 2 saturated carbocycles. The first-order chi connectivity index (χ1) is 15.0. The highest BCUT2D eigenvalue weighted by atomic mass is 16.2. The molecule has 0 spiro atoms. The second kappa shape index (κ2) is 7.59. The van der Waals surface area contributed by atoms with Gasteiger partial charge in [0.05, 0.1) is 30.0 Å². The molecule has 2 bridgehead atoms. The number of hydrogen-bond acceptors (Lipinski definition) is 5. The Balaban J connectivity index is 1.26. The zero-order chi connectivity index (χ0) is 21.7. The SMILES string of the molecule is CC[C@H](Cn1ncc2ccccc2c1=O)NC(=O)CN1C(=O)[C@@H]2[C@H]3CC[C@@H](C3)[C@@H]2C1=O. The van der Waals surface area contributed by atoms with Crippen LogP contribution in [0.15, 0.2) is 35.3 Å². The van der Waals surface area contributed by atoms with Gasteiger partial charge in [-0.2, -0.15) is 5.10 Å². The highest BCUT2D eigenvalue weighted by molar-refractivity contribution is 6.08. The predicted molar refractivity (Wildman–Crippen MR) is 113 cm³/mol. The summed E-state index contributed by atoms with van der Waals surface area (Å²) in [5.41, 5.74) is -0.209. The first-order valence-electron chi connectivity index (χ1n) is 11.1. The van der Waals surface area contributed by atoms with Gasteiger partial charge in [-0.15, -0.1) is 0 Å². The molecule has 3 amide bonds. The Labute approximate surface area is 179 Å². The molecular formula is C23H26N4O4. The lowest BCUT2D eigenvalue weighted by Gasteiger charge is -2.21. The Hall–Kier alpha value is -3.03. The molecule has 5 atom stereocenters. The van der Waals surface area contributed by atoms with Crippen molar-refractivity contribution in [1.29, 1.82) is 0 Å². The van der Waals surface area contributed by atoms with Crippen molar-refractivity contribution in [3.63, 3.8) is 0 Å². The maximum absolute atomic E-state index is 12.8. The smallest absolute Gasteiger partial charge is 0.274 e. The van der Waals surface area contributed by atoms with Crippen LogP contribution in [0.25, 0.3) is 10.8 Å². The number of aromatic nitrogens is 2. The summed E-state index contributed by atoms with van der Waals surface area (Å²) in [7, 11) is 0. The van der Waals surface area contributed by atoms with Crippen LogP contribution in [0.2, 0.25) is 0 Å². The normalized spacial score (nSPS) is 27.7. The molecule has 2 aliphatic carbocycles. The van der Waals surface area contributed by atoms with Crippen LogP contribution >= 0.6 is 0 Å². The average Bonchev–Trinajstić information content (AvgIpc) is 3.45. The summed E-state index contributed by atoms with van der Waals surface area (Å²) in [5, 5.41) is 8.45. The topological polar surface area (TPSA) is 101 Å². The molecule has 0 radical (unpaired) electrons. The Morgan fingerprint density at radius 2 is 1.81 bits per heavy atom. The number of carbonyl (C=O) groups is 3. The standard InChI is InChI=1S/C23H26N4O4/c1-2-16(11-27-21(29)17-6-4-3-5-15(17)10-24-27)25-18(28)12-26-22(30)19-13-7-8-14(9-13)20(19)23(26)31/h3-6,10,13-14,16,19-20H,2,7-9,11-12H2,1H3,(H,25,28)/t13-,14-,16+,19-,20+/m0/s1. The molecule has 2 aromatic rings. The molecule has 2 heterocycles. The second-order valence-corrected chi connectivity index (χ2v) is 9.04. The van der Waals surface area contributed by atoms with Gasteiger partial charge >= 0.3 is 0 Å². The second-order valence-electron chi connectivity index (χ2n) is 9.04. The van der Waals surface area contributed by atoms with Gasteiger partial charge in [0, 0.05) is 11.4 Å². The summed E-state index contributed by atoms with van der Waals surface area (Å²) >= 11 is 0. The van der Waals surface area contributed by atoms with Crippen LogP contribution in [0.3, 0.4) is 0 Å². The van der Waals surface area contributed by atoms with Gasteiger partial charge in [-0.25, -0.2) is 4.68 Å². The number of amides is 3. The zero-order valence-corrected chi connectivity index (χ0v) is 17.5. The van der Waals surface area contributed by atoms with E-state index < -0.39 is 0 Å². The van der Waals surface area contributed by atoms with Crippen molar-refractivity contribution in [1.82, 2.24) is 20.0 Å². The third-order valence-corrected chi connectivity index (χ3v) is 7.33. The van der Waals surface area contributed by atoms with E-state index in [1.165, 1.54) is 4.68 Å². The number of nitrogens with zero attached hydrogens (tertiary/aromatic N) is 3. The minimum absolute atomic E-state index is 0.183. The largest absolute Gasteiger partial charge is 0.350 e. The van der Waals surface area contributed by atoms with Crippen LogP contribution in [-0.2, 0) is 20.9 Å². The summed E-state index contributed by atoms with van der Waals surface area (Å²) in [6.45, 7) is 1.88. The van der Waals surface area contributed by atoms with E-state index in [0.717, 1.165) is 29.5 Å².